The van der Waals surface area contributed by atoms with Crippen molar-refractivity contribution in [3.05, 3.63) is 88.6 Å². The molecule has 0 bridgehead atoms. The Hall–Kier alpha value is -3.64. The normalized spacial score (nSPS) is 12.2. The Bertz CT molecular complexity index is 1270. The van der Waals surface area contributed by atoms with Crippen LogP contribution in [0.3, 0.4) is 0 Å². The molecule has 0 unspecified atom stereocenters. The molecule has 0 saturated carbocycles. The Morgan fingerprint density at radius 3 is 2.19 bits per heavy atom. The zero-order chi connectivity index (χ0) is 22.7. The molecule has 1 amide bonds. The molecule has 4 rings (SSSR count). The predicted octanol–water partition coefficient (Wildman–Crippen LogP) is 3.58. The second kappa shape index (κ2) is 9.24. The molecule has 0 fully saturated rings. The van der Waals surface area contributed by atoms with Gasteiger partial charge in [-0.05, 0) is 56.1 Å². The number of ether oxygens (including phenoxy) is 1. The lowest BCUT2D eigenvalue weighted by Gasteiger charge is -2.25. The van der Waals surface area contributed by atoms with E-state index < -0.39 is 0 Å². The molecule has 0 spiro atoms. The van der Waals surface area contributed by atoms with Crippen LogP contribution in [0.1, 0.15) is 11.6 Å². The van der Waals surface area contributed by atoms with Crippen LogP contribution in [0.15, 0.2) is 77.6 Å². The van der Waals surface area contributed by atoms with Crippen LogP contribution in [0, 0.1) is 0 Å². The minimum Gasteiger partial charge on any atom is -0.497 e. The molecule has 1 atom stereocenters. The highest BCUT2D eigenvalue weighted by Crippen LogP contribution is 2.22. The van der Waals surface area contributed by atoms with Crippen LogP contribution in [-0.2, 0) is 11.3 Å². The number of carbonyl (C=O) groups is 1. The summed E-state index contributed by atoms with van der Waals surface area (Å²) in [7, 11) is 5.61. The predicted molar refractivity (Wildman–Crippen MR) is 128 cm³/mol. The number of para-hydroxylation sites is 2. The molecular formula is C26H27N3O3. The van der Waals surface area contributed by atoms with Crippen molar-refractivity contribution >= 4 is 27.7 Å². The van der Waals surface area contributed by atoms with Crippen molar-refractivity contribution in [2.45, 2.75) is 12.6 Å². The lowest BCUT2D eigenvalue weighted by atomic mass is 10.1. The number of carbonyl (C=O) groups excluding carboxylic acids is 1. The van der Waals surface area contributed by atoms with Gasteiger partial charge in [0.25, 0.3) is 0 Å². The van der Waals surface area contributed by atoms with E-state index in [1.54, 1.807) is 7.11 Å². The molecule has 1 aromatic heterocycles. The molecule has 0 aliphatic heterocycles. The first-order chi connectivity index (χ1) is 15.5. The van der Waals surface area contributed by atoms with Gasteiger partial charge in [-0.25, -0.2) is 0 Å². The van der Waals surface area contributed by atoms with E-state index in [0.717, 1.165) is 22.3 Å². The van der Waals surface area contributed by atoms with Gasteiger partial charge in [-0.1, -0.05) is 36.4 Å². The fraction of sp³-hybridized carbons (Fsp3) is 0.231. The van der Waals surface area contributed by atoms with Crippen molar-refractivity contribution in [1.82, 2.24) is 14.8 Å². The van der Waals surface area contributed by atoms with Gasteiger partial charge in [-0.3, -0.25) is 9.59 Å². The number of nitrogens with one attached hydrogen (secondary N) is 1. The van der Waals surface area contributed by atoms with Crippen molar-refractivity contribution in [2.75, 3.05) is 27.7 Å². The first-order valence-electron chi connectivity index (χ1n) is 10.6. The van der Waals surface area contributed by atoms with Crippen LogP contribution >= 0.6 is 0 Å². The molecule has 0 aliphatic carbocycles. The van der Waals surface area contributed by atoms with E-state index in [2.05, 4.69) is 10.2 Å². The number of fused-ring (bicyclic) bond motifs is 2. The summed E-state index contributed by atoms with van der Waals surface area (Å²) >= 11 is 0. The maximum absolute atomic E-state index is 13.0. The summed E-state index contributed by atoms with van der Waals surface area (Å²) in [6.07, 6.45) is 0. The second-order valence-corrected chi connectivity index (χ2v) is 8.01. The summed E-state index contributed by atoms with van der Waals surface area (Å²) in [5.74, 6) is 0.672. The van der Waals surface area contributed by atoms with Crippen molar-refractivity contribution in [3.8, 4) is 5.75 Å². The van der Waals surface area contributed by atoms with E-state index in [4.69, 9.17) is 4.74 Å². The topological polar surface area (TPSA) is 63.6 Å². The van der Waals surface area contributed by atoms with Crippen LogP contribution in [0.5, 0.6) is 5.75 Å². The minimum absolute atomic E-state index is 0.00319. The Morgan fingerprint density at radius 1 is 0.969 bits per heavy atom. The summed E-state index contributed by atoms with van der Waals surface area (Å²) in [4.78, 5) is 28.0. The number of aromatic nitrogens is 1. The fourth-order valence-electron chi connectivity index (χ4n) is 4.10. The third-order valence-electron chi connectivity index (χ3n) is 5.78. The van der Waals surface area contributed by atoms with Crippen molar-refractivity contribution in [2.24, 2.45) is 0 Å². The first kappa shape index (κ1) is 21.6. The smallest absolute Gasteiger partial charge is 0.240 e. The van der Waals surface area contributed by atoms with Gasteiger partial charge in [0.1, 0.15) is 12.3 Å². The first-order valence-corrected chi connectivity index (χ1v) is 10.6. The molecule has 3 aromatic carbocycles. The lowest BCUT2D eigenvalue weighted by molar-refractivity contribution is -0.121. The monoisotopic (exact) mass is 429 g/mol. The molecule has 6 nitrogen and oxygen atoms in total. The summed E-state index contributed by atoms with van der Waals surface area (Å²) in [5.41, 5.74) is 2.55. The number of pyridine rings is 1. The maximum atomic E-state index is 13.0. The maximum Gasteiger partial charge on any atom is 0.240 e. The Balaban J connectivity index is 1.61. The van der Waals surface area contributed by atoms with Crippen LogP contribution in [0.4, 0.5) is 0 Å². The van der Waals surface area contributed by atoms with E-state index in [9.17, 15) is 9.59 Å². The molecule has 1 N–H and O–H groups in total. The molecule has 4 aromatic rings. The van der Waals surface area contributed by atoms with Gasteiger partial charge < -0.3 is 19.5 Å². The average Bonchev–Trinajstić information content (AvgIpc) is 2.82. The summed E-state index contributed by atoms with van der Waals surface area (Å²) in [5, 5.41) is 4.30. The van der Waals surface area contributed by atoms with Gasteiger partial charge in [0.15, 0.2) is 5.43 Å². The van der Waals surface area contributed by atoms with Gasteiger partial charge in [0.2, 0.25) is 5.91 Å². The number of rotatable bonds is 7. The van der Waals surface area contributed by atoms with Gasteiger partial charge in [0, 0.05) is 17.3 Å². The quantitative estimate of drug-likeness (QED) is 0.456. The van der Waals surface area contributed by atoms with Gasteiger partial charge in [-0.15, -0.1) is 0 Å². The molecule has 164 valence electrons. The molecule has 0 aliphatic rings. The third kappa shape index (κ3) is 4.22. The zero-order valence-corrected chi connectivity index (χ0v) is 18.5. The van der Waals surface area contributed by atoms with E-state index in [0.29, 0.717) is 17.3 Å². The SMILES string of the molecule is COc1cccc([C@H](CNC(=O)Cn2c3ccccc3c(=O)c3ccccc32)N(C)C)c1. The highest BCUT2D eigenvalue weighted by Gasteiger charge is 2.17. The van der Waals surface area contributed by atoms with E-state index >= 15 is 0 Å². The number of hydrogen-bond acceptors (Lipinski definition) is 4. The third-order valence-corrected chi connectivity index (χ3v) is 5.78. The molecular weight excluding hydrogens is 402 g/mol. The zero-order valence-electron chi connectivity index (χ0n) is 18.5. The number of nitrogens with zero attached hydrogens (tertiary/aromatic N) is 2. The van der Waals surface area contributed by atoms with Gasteiger partial charge in [-0.2, -0.15) is 0 Å². The lowest BCUT2D eigenvalue weighted by Crippen LogP contribution is -2.36. The number of likely N-dealkylation sites (N-methyl/N-ethyl adjacent to an activating group) is 1. The van der Waals surface area contributed by atoms with E-state index in [1.807, 2.05) is 91.5 Å². The fourth-order valence-corrected chi connectivity index (χ4v) is 4.10. The Kier molecular flexibility index (Phi) is 6.23. The van der Waals surface area contributed by atoms with Crippen molar-refractivity contribution < 1.29 is 9.53 Å². The number of hydrogen-bond donors (Lipinski definition) is 1. The van der Waals surface area contributed by atoms with Crippen LogP contribution in [0.25, 0.3) is 21.8 Å². The second-order valence-electron chi connectivity index (χ2n) is 8.01. The molecule has 6 heteroatoms. The number of benzene rings is 3. The molecule has 1 heterocycles. The Labute approximate surface area is 187 Å². The number of amides is 1. The van der Waals surface area contributed by atoms with Crippen LogP contribution < -0.4 is 15.5 Å². The van der Waals surface area contributed by atoms with Crippen molar-refractivity contribution in [1.29, 1.82) is 0 Å². The highest BCUT2D eigenvalue weighted by atomic mass is 16.5. The minimum atomic E-state index is -0.112. The highest BCUT2D eigenvalue weighted by molar-refractivity contribution is 5.94. The summed E-state index contributed by atoms with van der Waals surface area (Å²) in [6, 6.07) is 22.7. The molecule has 0 radical (unpaired) electrons. The largest absolute Gasteiger partial charge is 0.497 e. The van der Waals surface area contributed by atoms with Crippen LogP contribution in [0.2, 0.25) is 0 Å². The summed E-state index contributed by atoms with van der Waals surface area (Å²) in [6.45, 7) is 0.578. The molecule has 0 saturated heterocycles. The average molecular weight is 430 g/mol. The van der Waals surface area contributed by atoms with Gasteiger partial charge in [0.05, 0.1) is 24.2 Å². The molecule has 32 heavy (non-hydrogen) atoms. The number of methoxy groups -OCH3 is 1. The van der Waals surface area contributed by atoms with Crippen molar-refractivity contribution in [3.63, 3.8) is 0 Å². The Morgan fingerprint density at radius 2 is 1.59 bits per heavy atom. The standard InChI is InChI=1S/C26H27N3O3/c1-28(2)24(18-9-8-10-19(15-18)32-3)16-27-25(30)17-29-22-13-6-4-11-20(22)26(31)21-12-5-7-14-23(21)29/h4-15,24H,16-17H2,1-3H3,(H,27,30)/t24-/m0/s1. The van der Waals surface area contributed by atoms with Crippen LogP contribution in [-0.4, -0.2) is 43.1 Å². The van der Waals surface area contributed by atoms with E-state index in [-0.39, 0.29) is 23.9 Å². The van der Waals surface area contributed by atoms with E-state index in [1.165, 1.54) is 0 Å². The van der Waals surface area contributed by atoms with Gasteiger partial charge >= 0.3 is 0 Å². The summed E-state index contributed by atoms with van der Waals surface area (Å²) < 4.78 is 7.26.